The maximum Gasteiger partial charge on any atom is 0.258 e. The average Bonchev–Trinajstić information content (AvgIpc) is 3.22. The number of benzene rings is 1. The van der Waals surface area contributed by atoms with E-state index >= 15 is 0 Å². The van der Waals surface area contributed by atoms with Crippen LogP contribution >= 0.6 is 22.7 Å². The van der Waals surface area contributed by atoms with Gasteiger partial charge in [0.25, 0.3) is 11.8 Å². The SMILES string of the molecule is O=C1NC(=O)c2ccccc2C1=Cc1cc(-c2cccs2)cs1. The van der Waals surface area contributed by atoms with E-state index in [4.69, 9.17) is 0 Å². The zero-order valence-corrected chi connectivity index (χ0v) is 13.5. The summed E-state index contributed by atoms with van der Waals surface area (Å²) in [6.45, 7) is 0. The molecule has 2 amide bonds. The van der Waals surface area contributed by atoms with Crippen LogP contribution in [0.15, 0.2) is 53.2 Å². The molecule has 0 saturated carbocycles. The smallest absolute Gasteiger partial charge is 0.258 e. The van der Waals surface area contributed by atoms with Crippen LogP contribution in [0.1, 0.15) is 20.8 Å². The van der Waals surface area contributed by atoms with Crippen molar-refractivity contribution in [1.29, 1.82) is 0 Å². The lowest BCUT2D eigenvalue weighted by Crippen LogP contribution is -2.36. The van der Waals surface area contributed by atoms with Gasteiger partial charge in [0.1, 0.15) is 0 Å². The minimum absolute atomic E-state index is 0.340. The Morgan fingerprint density at radius 1 is 0.913 bits per heavy atom. The zero-order chi connectivity index (χ0) is 15.8. The van der Waals surface area contributed by atoms with E-state index in [9.17, 15) is 9.59 Å². The molecule has 112 valence electrons. The Balaban J connectivity index is 1.78. The van der Waals surface area contributed by atoms with Crippen LogP contribution in [-0.2, 0) is 4.79 Å². The molecule has 0 radical (unpaired) electrons. The molecule has 0 atom stereocenters. The van der Waals surface area contributed by atoms with Crippen molar-refractivity contribution in [2.75, 3.05) is 0 Å². The summed E-state index contributed by atoms with van der Waals surface area (Å²) in [6.07, 6.45) is 1.85. The fourth-order valence-electron chi connectivity index (χ4n) is 2.56. The summed E-state index contributed by atoms with van der Waals surface area (Å²) < 4.78 is 0. The number of hydrogen-bond donors (Lipinski definition) is 1. The van der Waals surface area contributed by atoms with Crippen LogP contribution in [0.4, 0.5) is 0 Å². The molecule has 1 aliphatic heterocycles. The fourth-order valence-corrected chi connectivity index (χ4v) is 4.19. The molecule has 23 heavy (non-hydrogen) atoms. The summed E-state index contributed by atoms with van der Waals surface area (Å²) in [7, 11) is 0. The second kappa shape index (κ2) is 5.61. The van der Waals surface area contributed by atoms with Crippen molar-refractivity contribution in [1.82, 2.24) is 5.32 Å². The molecular formula is C18H11NO2S2. The average molecular weight is 337 g/mol. The standard InChI is InChI=1S/C18H11NO2S2/c20-17-14-5-2-1-4-13(14)15(18(21)19-17)9-12-8-11(10-23-12)16-6-3-7-22-16/h1-10H,(H,19,20,21). The van der Waals surface area contributed by atoms with Crippen LogP contribution < -0.4 is 5.32 Å². The first kappa shape index (κ1) is 14.1. The van der Waals surface area contributed by atoms with Crippen molar-refractivity contribution < 1.29 is 9.59 Å². The molecule has 5 heteroatoms. The lowest BCUT2D eigenvalue weighted by Gasteiger charge is -2.17. The number of carbonyl (C=O) groups excluding carboxylic acids is 2. The molecule has 0 bridgehead atoms. The van der Waals surface area contributed by atoms with Gasteiger partial charge in [-0.2, -0.15) is 0 Å². The van der Waals surface area contributed by atoms with E-state index in [0.717, 1.165) is 10.4 Å². The topological polar surface area (TPSA) is 46.2 Å². The molecule has 2 aromatic heterocycles. The van der Waals surface area contributed by atoms with Crippen molar-refractivity contribution >= 4 is 46.1 Å². The van der Waals surface area contributed by atoms with E-state index in [1.165, 1.54) is 4.88 Å². The Bertz CT molecular complexity index is 936. The van der Waals surface area contributed by atoms with Crippen LogP contribution in [0.25, 0.3) is 22.1 Å². The van der Waals surface area contributed by atoms with Crippen LogP contribution in [0, 0.1) is 0 Å². The quantitative estimate of drug-likeness (QED) is 0.560. The molecule has 3 aromatic rings. The van der Waals surface area contributed by atoms with E-state index in [2.05, 4.69) is 22.8 Å². The number of nitrogens with one attached hydrogen (secondary N) is 1. The fraction of sp³-hybridized carbons (Fsp3) is 0. The molecule has 4 rings (SSSR count). The third kappa shape index (κ3) is 2.54. The number of thiophene rings is 2. The Hall–Kier alpha value is -2.50. The summed E-state index contributed by atoms with van der Waals surface area (Å²) in [4.78, 5) is 26.3. The molecule has 3 heterocycles. The van der Waals surface area contributed by atoms with Crippen LogP contribution in [0.5, 0.6) is 0 Å². The van der Waals surface area contributed by atoms with Gasteiger partial charge in [0.15, 0.2) is 0 Å². The van der Waals surface area contributed by atoms with E-state index in [1.807, 2.05) is 29.7 Å². The van der Waals surface area contributed by atoms with Gasteiger partial charge in [-0.25, -0.2) is 0 Å². The molecule has 0 aliphatic carbocycles. The summed E-state index contributed by atoms with van der Waals surface area (Å²) in [5.41, 5.74) is 2.90. The molecule has 0 spiro atoms. The molecule has 3 nitrogen and oxygen atoms in total. The van der Waals surface area contributed by atoms with Gasteiger partial charge in [-0.1, -0.05) is 24.3 Å². The van der Waals surface area contributed by atoms with E-state index in [0.29, 0.717) is 16.7 Å². The van der Waals surface area contributed by atoms with Crippen molar-refractivity contribution in [2.24, 2.45) is 0 Å². The monoisotopic (exact) mass is 337 g/mol. The van der Waals surface area contributed by atoms with Gasteiger partial charge in [-0.15, -0.1) is 22.7 Å². The van der Waals surface area contributed by atoms with Crippen molar-refractivity contribution in [3.8, 4) is 10.4 Å². The number of carbonyl (C=O) groups is 2. The van der Waals surface area contributed by atoms with Gasteiger partial charge < -0.3 is 0 Å². The molecule has 1 aliphatic rings. The van der Waals surface area contributed by atoms with Gasteiger partial charge in [-0.3, -0.25) is 14.9 Å². The third-order valence-electron chi connectivity index (χ3n) is 3.65. The maximum absolute atomic E-state index is 12.2. The first-order chi connectivity index (χ1) is 11.2. The number of imide groups is 1. The van der Waals surface area contributed by atoms with Gasteiger partial charge in [0.05, 0.1) is 0 Å². The predicted octanol–water partition coefficient (Wildman–Crippen LogP) is 4.29. The van der Waals surface area contributed by atoms with E-state index < -0.39 is 0 Å². The van der Waals surface area contributed by atoms with Crippen molar-refractivity contribution in [3.05, 3.63) is 69.2 Å². The first-order valence-electron chi connectivity index (χ1n) is 7.01. The van der Waals surface area contributed by atoms with Crippen LogP contribution in [0.2, 0.25) is 0 Å². The second-order valence-corrected chi connectivity index (χ2v) is 6.99. The molecule has 0 saturated heterocycles. The highest BCUT2D eigenvalue weighted by molar-refractivity contribution is 7.15. The highest BCUT2D eigenvalue weighted by Gasteiger charge is 2.26. The zero-order valence-electron chi connectivity index (χ0n) is 11.9. The van der Waals surface area contributed by atoms with E-state index in [-0.39, 0.29) is 11.8 Å². The second-order valence-electron chi connectivity index (χ2n) is 5.10. The van der Waals surface area contributed by atoms with Crippen LogP contribution in [-0.4, -0.2) is 11.8 Å². The highest BCUT2D eigenvalue weighted by Crippen LogP contribution is 2.32. The summed E-state index contributed by atoms with van der Waals surface area (Å²) in [5.74, 6) is -0.687. The molecular weight excluding hydrogens is 326 g/mol. The number of amides is 2. The van der Waals surface area contributed by atoms with Gasteiger partial charge in [0.2, 0.25) is 0 Å². The lowest BCUT2D eigenvalue weighted by atomic mass is 9.94. The van der Waals surface area contributed by atoms with E-state index in [1.54, 1.807) is 34.8 Å². The van der Waals surface area contributed by atoms with Gasteiger partial charge >= 0.3 is 0 Å². The summed E-state index contributed by atoms with van der Waals surface area (Å²) in [6, 6.07) is 13.3. The lowest BCUT2D eigenvalue weighted by molar-refractivity contribution is -0.114. The largest absolute Gasteiger partial charge is 0.288 e. The Labute approximate surface area is 140 Å². The first-order valence-corrected chi connectivity index (χ1v) is 8.77. The minimum Gasteiger partial charge on any atom is -0.288 e. The molecule has 1 aromatic carbocycles. The third-order valence-corrected chi connectivity index (χ3v) is 5.44. The van der Waals surface area contributed by atoms with Gasteiger partial charge in [-0.05, 0) is 40.6 Å². The predicted molar refractivity (Wildman–Crippen MR) is 94.4 cm³/mol. The number of hydrogen-bond acceptors (Lipinski definition) is 4. The Morgan fingerprint density at radius 3 is 2.52 bits per heavy atom. The maximum atomic E-state index is 12.2. The van der Waals surface area contributed by atoms with Crippen molar-refractivity contribution in [2.45, 2.75) is 0 Å². The normalized spacial score (nSPS) is 15.6. The Kier molecular flexibility index (Phi) is 3.44. The number of fused-ring (bicyclic) bond motifs is 1. The summed E-state index contributed by atoms with van der Waals surface area (Å²) >= 11 is 3.27. The van der Waals surface area contributed by atoms with Gasteiger partial charge in [0, 0.05) is 26.5 Å². The van der Waals surface area contributed by atoms with Crippen molar-refractivity contribution in [3.63, 3.8) is 0 Å². The highest BCUT2D eigenvalue weighted by atomic mass is 32.1. The molecule has 1 N–H and O–H groups in total. The van der Waals surface area contributed by atoms with Crippen LogP contribution in [0.3, 0.4) is 0 Å². The molecule has 0 unspecified atom stereocenters. The molecule has 0 fully saturated rings. The number of rotatable bonds is 2. The minimum atomic E-state index is -0.347. The summed E-state index contributed by atoms with van der Waals surface area (Å²) in [5, 5.41) is 6.52. The Morgan fingerprint density at radius 2 is 1.74 bits per heavy atom.